The van der Waals surface area contributed by atoms with Crippen molar-refractivity contribution in [3.63, 3.8) is 0 Å². The summed E-state index contributed by atoms with van der Waals surface area (Å²) in [4.78, 5) is 20.9. The van der Waals surface area contributed by atoms with Crippen molar-refractivity contribution in [2.24, 2.45) is 5.92 Å². The number of amides is 1. The van der Waals surface area contributed by atoms with E-state index in [2.05, 4.69) is 27.0 Å². The summed E-state index contributed by atoms with van der Waals surface area (Å²) in [5, 5.41) is 14.1. The van der Waals surface area contributed by atoms with E-state index in [0.717, 1.165) is 63.5 Å². The Morgan fingerprint density at radius 2 is 2.00 bits per heavy atom. The van der Waals surface area contributed by atoms with E-state index in [9.17, 15) is 9.90 Å². The number of halogens is 2. The topological polar surface area (TPSA) is 68.7 Å². The summed E-state index contributed by atoms with van der Waals surface area (Å²) in [6.45, 7) is 6.32. The zero-order valence-electron chi connectivity index (χ0n) is 17.6. The Balaban J connectivity index is 1.19. The molecule has 2 heterocycles. The number of carbonyl (C=O) groups excluding carboxylic acids is 1. The maximum absolute atomic E-state index is 12.0. The molecular weight excluding hydrogens is 423 g/mol. The highest BCUT2D eigenvalue weighted by atomic mass is 35.5. The summed E-state index contributed by atoms with van der Waals surface area (Å²) >= 11 is 12.4. The van der Waals surface area contributed by atoms with Gasteiger partial charge in [0.15, 0.2) is 0 Å². The average Bonchev–Trinajstić information content (AvgIpc) is 3.48. The molecule has 30 heavy (non-hydrogen) atoms. The number of carbonyl (C=O) groups is 1. The molecule has 1 amide bonds. The Hall–Kier alpha value is -1.08. The molecule has 2 N–H and O–H groups in total. The third kappa shape index (κ3) is 5.21. The average molecular weight is 455 g/mol. The molecule has 3 fully saturated rings. The molecule has 0 unspecified atom stereocenters. The summed E-state index contributed by atoms with van der Waals surface area (Å²) in [5.41, 5.74) is -0.0818. The fourth-order valence-electron chi connectivity index (χ4n) is 4.84. The summed E-state index contributed by atoms with van der Waals surface area (Å²) in [5.74, 6) is 0.567. The lowest BCUT2D eigenvalue weighted by Crippen LogP contribution is -2.52. The Bertz CT molecular complexity index is 766. The van der Waals surface area contributed by atoms with Crippen LogP contribution in [0.5, 0.6) is 0 Å². The second-order valence-corrected chi connectivity index (χ2v) is 10.1. The van der Waals surface area contributed by atoms with Crippen molar-refractivity contribution in [2.75, 3.05) is 31.1 Å². The smallest absolute Gasteiger partial charge is 0.252 e. The normalized spacial score (nSPS) is 28.9. The van der Waals surface area contributed by atoms with Crippen LogP contribution >= 0.6 is 23.2 Å². The fourth-order valence-corrected chi connectivity index (χ4v) is 5.21. The number of hydrogen-bond donors (Lipinski definition) is 2. The van der Waals surface area contributed by atoms with Gasteiger partial charge in [0.2, 0.25) is 0 Å². The molecule has 3 aliphatic rings. The van der Waals surface area contributed by atoms with Gasteiger partial charge in [-0.05, 0) is 64.3 Å². The molecule has 1 aromatic rings. The summed E-state index contributed by atoms with van der Waals surface area (Å²) < 4.78 is 0. The predicted octanol–water partition coefficient (Wildman–Crippen LogP) is 3.49. The van der Waals surface area contributed by atoms with Crippen LogP contribution in [0.15, 0.2) is 12.3 Å². The number of nitrogens with one attached hydrogen (secondary N) is 1. The third-order valence-electron chi connectivity index (χ3n) is 7.00. The van der Waals surface area contributed by atoms with Gasteiger partial charge in [-0.15, -0.1) is 0 Å². The molecule has 2 aliphatic carbocycles. The molecule has 0 bridgehead atoms. The lowest BCUT2D eigenvalue weighted by Gasteiger charge is -2.42. The molecule has 1 atom stereocenters. The maximum Gasteiger partial charge on any atom is 0.252 e. The Morgan fingerprint density at radius 1 is 1.27 bits per heavy atom. The van der Waals surface area contributed by atoms with E-state index in [1.807, 2.05) is 6.07 Å². The minimum atomic E-state index is -1.05. The third-order valence-corrected chi connectivity index (χ3v) is 7.50. The Morgan fingerprint density at radius 3 is 2.67 bits per heavy atom. The predicted molar refractivity (Wildman–Crippen MR) is 120 cm³/mol. The van der Waals surface area contributed by atoms with Gasteiger partial charge in [-0.3, -0.25) is 9.69 Å². The van der Waals surface area contributed by atoms with E-state index >= 15 is 0 Å². The number of nitrogens with zero attached hydrogens (tertiary/aromatic N) is 3. The van der Waals surface area contributed by atoms with E-state index in [4.69, 9.17) is 23.2 Å². The highest BCUT2D eigenvalue weighted by molar-refractivity contribution is 6.34. The van der Waals surface area contributed by atoms with Crippen LogP contribution in [0.25, 0.3) is 0 Å². The van der Waals surface area contributed by atoms with Crippen LogP contribution in [0.2, 0.25) is 10.2 Å². The van der Waals surface area contributed by atoms with Gasteiger partial charge in [0.05, 0.1) is 10.7 Å². The Kier molecular flexibility index (Phi) is 6.78. The summed E-state index contributed by atoms with van der Waals surface area (Å²) in [7, 11) is 0. The van der Waals surface area contributed by atoms with Crippen molar-refractivity contribution in [1.82, 2.24) is 15.2 Å². The SMILES string of the molecule is C[C@@H]1CN(CCC2CCC(NC(=O)C3(O)CC3)CC2)CCN1c1cc(Cl)ncc1Cl. The van der Waals surface area contributed by atoms with Gasteiger partial charge in [-0.25, -0.2) is 4.98 Å². The maximum atomic E-state index is 12.0. The van der Waals surface area contributed by atoms with Crippen molar-refractivity contribution in [2.45, 2.75) is 69.6 Å². The van der Waals surface area contributed by atoms with E-state index in [-0.39, 0.29) is 11.9 Å². The van der Waals surface area contributed by atoms with Crippen LogP contribution < -0.4 is 10.2 Å². The highest BCUT2D eigenvalue weighted by Crippen LogP contribution is 2.36. The highest BCUT2D eigenvalue weighted by Gasteiger charge is 2.48. The molecule has 4 rings (SSSR count). The first-order valence-corrected chi connectivity index (χ1v) is 11.9. The van der Waals surface area contributed by atoms with E-state index in [0.29, 0.717) is 29.1 Å². The van der Waals surface area contributed by atoms with Crippen LogP contribution in [0.1, 0.15) is 51.9 Å². The lowest BCUT2D eigenvalue weighted by atomic mass is 9.84. The number of piperazine rings is 1. The van der Waals surface area contributed by atoms with E-state index in [1.54, 1.807) is 6.20 Å². The molecule has 0 spiro atoms. The molecule has 0 radical (unpaired) electrons. The minimum Gasteiger partial charge on any atom is -0.380 e. The van der Waals surface area contributed by atoms with Gasteiger partial charge < -0.3 is 15.3 Å². The number of pyridine rings is 1. The van der Waals surface area contributed by atoms with Crippen LogP contribution in [0, 0.1) is 5.92 Å². The van der Waals surface area contributed by atoms with Gasteiger partial charge in [-0.2, -0.15) is 0 Å². The van der Waals surface area contributed by atoms with Gasteiger partial charge in [0, 0.05) is 44.0 Å². The van der Waals surface area contributed by atoms with Crippen molar-refractivity contribution in [3.05, 3.63) is 22.4 Å². The van der Waals surface area contributed by atoms with Crippen molar-refractivity contribution < 1.29 is 9.90 Å². The van der Waals surface area contributed by atoms with Crippen LogP contribution in [0.3, 0.4) is 0 Å². The standard InChI is InChI=1S/C22H32Cl2N4O2/c1-15-14-27(10-11-28(15)19-12-20(24)25-13-18(19)23)9-6-16-2-4-17(5-3-16)26-21(29)22(30)7-8-22/h12-13,15-17,30H,2-11,14H2,1H3,(H,26,29)/t15-,16?,17?/m1/s1. The number of rotatable bonds is 6. The summed E-state index contributed by atoms with van der Waals surface area (Å²) in [6.07, 6.45) is 8.42. The molecule has 8 heteroatoms. The first-order chi connectivity index (χ1) is 14.3. The molecule has 2 saturated carbocycles. The molecule has 1 aliphatic heterocycles. The fraction of sp³-hybridized carbons (Fsp3) is 0.727. The second-order valence-electron chi connectivity index (χ2n) is 9.31. The van der Waals surface area contributed by atoms with Gasteiger partial charge >= 0.3 is 0 Å². The van der Waals surface area contributed by atoms with E-state index < -0.39 is 5.60 Å². The molecular formula is C22H32Cl2N4O2. The lowest BCUT2D eigenvalue weighted by molar-refractivity contribution is -0.132. The first-order valence-electron chi connectivity index (χ1n) is 11.2. The zero-order valence-corrected chi connectivity index (χ0v) is 19.1. The quantitative estimate of drug-likeness (QED) is 0.643. The number of anilines is 1. The van der Waals surface area contributed by atoms with Crippen molar-refractivity contribution in [3.8, 4) is 0 Å². The number of aliphatic hydroxyl groups is 1. The molecule has 6 nitrogen and oxygen atoms in total. The largest absolute Gasteiger partial charge is 0.380 e. The van der Waals surface area contributed by atoms with Crippen molar-refractivity contribution in [1.29, 1.82) is 0 Å². The van der Waals surface area contributed by atoms with Gasteiger partial charge in [0.25, 0.3) is 5.91 Å². The molecule has 1 saturated heterocycles. The monoisotopic (exact) mass is 454 g/mol. The van der Waals surface area contributed by atoms with Crippen LogP contribution in [0.4, 0.5) is 5.69 Å². The zero-order chi connectivity index (χ0) is 21.3. The summed E-state index contributed by atoms with van der Waals surface area (Å²) in [6, 6.07) is 2.46. The minimum absolute atomic E-state index is 0.159. The molecule has 0 aromatic carbocycles. The Labute approximate surface area is 188 Å². The van der Waals surface area contributed by atoms with Crippen LogP contribution in [-0.4, -0.2) is 64.8 Å². The molecule has 166 valence electrons. The van der Waals surface area contributed by atoms with Gasteiger partial charge in [0.1, 0.15) is 10.8 Å². The second kappa shape index (κ2) is 9.19. The van der Waals surface area contributed by atoms with Crippen molar-refractivity contribution >= 4 is 34.8 Å². The van der Waals surface area contributed by atoms with E-state index in [1.165, 1.54) is 6.42 Å². The number of aromatic nitrogens is 1. The number of hydrogen-bond acceptors (Lipinski definition) is 5. The first kappa shape index (κ1) is 22.1. The van der Waals surface area contributed by atoms with Crippen LogP contribution in [-0.2, 0) is 4.79 Å². The van der Waals surface area contributed by atoms with Gasteiger partial charge in [-0.1, -0.05) is 23.2 Å². The molecule has 1 aromatic heterocycles.